The summed E-state index contributed by atoms with van der Waals surface area (Å²) in [6.45, 7) is 5.36. The number of nitrogens with one attached hydrogen (secondary N) is 1. The number of esters is 1. The van der Waals surface area contributed by atoms with Crippen molar-refractivity contribution < 1.29 is 18.7 Å². The molecule has 0 radical (unpaired) electrons. The number of hydrogen-bond donors (Lipinski definition) is 1. The average Bonchev–Trinajstić information content (AvgIpc) is 3.21. The number of carbonyl (C=O) groups is 2. The molecular formula is C19H20FN3O3S. The lowest BCUT2D eigenvalue weighted by Crippen LogP contribution is -2.35. The first-order valence-corrected chi connectivity index (χ1v) is 9.42. The van der Waals surface area contributed by atoms with Crippen molar-refractivity contribution in [2.45, 2.75) is 33.2 Å². The van der Waals surface area contributed by atoms with Gasteiger partial charge >= 0.3 is 5.97 Å². The van der Waals surface area contributed by atoms with Gasteiger partial charge < -0.3 is 10.1 Å². The SMILES string of the molecule is CC[C@@H](C)NC(=O)COC(=O)c1cc2c(C)nn(-c3ccc(F)cc3)c2s1. The number of aromatic nitrogens is 2. The number of hydrogen-bond acceptors (Lipinski definition) is 5. The minimum atomic E-state index is -0.555. The molecule has 142 valence electrons. The highest BCUT2D eigenvalue weighted by Gasteiger charge is 2.19. The summed E-state index contributed by atoms with van der Waals surface area (Å²) in [5, 5.41) is 8.02. The standard InChI is InChI=1S/C19H20FN3O3S/c1-4-11(2)21-17(24)10-26-19(25)16-9-15-12(3)22-23(18(15)27-16)14-7-5-13(20)6-8-14/h5-9,11H,4,10H2,1-3H3,(H,21,24)/t11-/m1/s1. The van der Waals surface area contributed by atoms with E-state index in [4.69, 9.17) is 4.74 Å². The minimum Gasteiger partial charge on any atom is -0.451 e. The van der Waals surface area contributed by atoms with Crippen molar-refractivity contribution in [3.8, 4) is 5.69 Å². The smallest absolute Gasteiger partial charge is 0.348 e. The summed E-state index contributed by atoms with van der Waals surface area (Å²) in [7, 11) is 0. The van der Waals surface area contributed by atoms with Crippen LogP contribution in [0.2, 0.25) is 0 Å². The first kappa shape index (κ1) is 19.0. The molecule has 0 saturated heterocycles. The van der Waals surface area contributed by atoms with Gasteiger partial charge in [0.2, 0.25) is 0 Å². The van der Waals surface area contributed by atoms with Crippen LogP contribution < -0.4 is 5.32 Å². The predicted octanol–water partition coefficient (Wildman–Crippen LogP) is 3.61. The van der Waals surface area contributed by atoms with E-state index in [9.17, 15) is 14.0 Å². The molecule has 0 unspecified atom stereocenters. The molecule has 8 heteroatoms. The van der Waals surface area contributed by atoms with Crippen LogP contribution in [0.4, 0.5) is 4.39 Å². The molecule has 0 fully saturated rings. The second-order valence-corrected chi connectivity index (χ2v) is 7.29. The maximum absolute atomic E-state index is 13.2. The first-order chi connectivity index (χ1) is 12.9. The molecule has 2 heterocycles. The number of benzene rings is 1. The van der Waals surface area contributed by atoms with Crippen LogP contribution in [0.25, 0.3) is 15.9 Å². The molecule has 0 spiro atoms. The Morgan fingerprint density at radius 1 is 1.33 bits per heavy atom. The van der Waals surface area contributed by atoms with Gasteiger partial charge in [0, 0.05) is 11.4 Å². The van der Waals surface area contributed by atoms with Gasteiger partial charge in [-0.25, -0.2) is 13.9 Å². The summed E-state index contributed by atoms with van der Waals surface area (Å²) < 4.78 is 19.9. The van der Waals surface area contributed by atoms with Crippen molar-refractivity contribution in [1.29, 1.82) is 0 Å². The lowest BCUT2D eigenvalue weighted by atomic mass is 10.2. The number of thiophene rings is 1. The molecule has 1 atom stereocenters. The fourth-order valence-corrected chi connectivity index (χ4v) is 3.60. The molecule has 2 aromatic heterocycles. The first-order valence-electron chi connectivity index (χ1n) is 8.60. The molecule has 6 nitrogen and oxygen atoms in total. The lowest BCUT2D eigenvalue weighted by Gasteiger charge is -2.11. The summed E-state index contributed by atoms with van der Waals surface area (Å²) in [4.78, 5) is 25.2. The Morgan fingerprint density at radius 3 is 2.70 bits per heavy atom. The van der Waals surface area contributed by atoms with E-state index in [-0.39, 0.29) is 24.4 Å². The third-order valence-electron chi connectivity index (χ3n) is 4.17. The molecule has 1 N–H and O–H groups in total. The van der Waals surface area contributed by atoms with Gasteiger partial charge in [0.1, 0.15) is 15.5 Å². The van der Waals surface area contributed by atoms with Gasteiger partial charge in [0.15, 0.2) is 6.61 Å². The highest BCUT2D eigenvalue weighted by Crippen LogP contribution is 2.30. The number of aryl methyl sites for hydroxylation is 1. The number of rotatable bonds is 6. The molecule has 1 amide bonds. The highest BCUT2D eigenvalue weighted by atomic mass is 32.1. The Balaban J connectivity index is 1.78. The van der Waals surface area contributed by atoms with Crippen molar-refractivity contribution >= 4 is 33.4 Å². The topological polar surface area (TPSA) is 73.2 Å². The molecular weight excluding hydrogens is 369 g/mol. The lowest BCUT2D eigenvalue weighted by molar-refractivity contribution is -0.124. The zero-order chi connectivity index (χ0) is 19.6. The fraction of sp³-hybridized carbons (Fsp3) is 0.316. The summed E-state index contributed by atoms with van der Waals surface area (Å²) in [5.41, 5.74) is 1.45. The zero-order valence-electron chi connectivity index (χ0n) is 15.3. The van der Waals surface area contributed by atoms with E-state index in [0.29, 0.717) is 10.6 Å². The van der Waals surface area contributed by atoms with Crippen LogP contribution >= 0.6 is 11.3 Å². The molecule has 0 aliphatic carbocycles. The van der Waals surface area contributed by atoms with Gasteiger partial charge in [-0.1, -0.05) is 6.92 Å². The van der Waals surface area contributed by atoms with E-state index in [1.165, 1.54) is 23.5 Å². The van der Waals surface area contributed by atoms with E-state index in [1.54, 1.807) is 22.9 Å². The molecule has 0 aliphatic rings. The predicted molar refractivity (Wildman–Crippen MR) is 102 cm³/mol. The number of fused-ring (bicyclic) bond motifs is 1. The quantitative estimate of drug-likeness (QED) is 0.654. The molecule has 27 heavy (non-hydrogen) atoms. The van der Waals surface area contributed by atoms with E-state index in [0.717, 1.165) is 22.3 Å². The molecule has 0 saturated carbocycles. The highest BCUT2D eigenvalue weighted by molar-refractivity contribution is 7.20. The third kappa shape index (κ3) is 4.16. The van der Waals surface area contributed by atoms with Gasteiger partial charge in [-0.05, 0) is 50.6 Å². The summed E-state index contributed by atoms with van der Waals surface area (Å²) >= 11 is 1.22. The van der Waals surface area contributed by atoms with Gasteiger partial charge in [-0.3, -0.25) is 4.79 Å². The Hall–Kier alpha value is -2.74. The maximum atomic E-state index is 13.2. The minimum absolute atomic E-state index is 0.0323. The molecule has 3 aromatic rings. The van der Waals surface area contributed by atoms with Gasteiger partial charge in [0.25, 0.3) is 5.91 Å². The van der Waals surface area contributed by atoms with Crippen LogP contribution in [0.1, 0.15) is 35.6 Å². The summed E-state index contributed by atoms with van der Waals surface area (Å²) in [5.74, 6) is -1.21. The van der Waals surface area contributed by atoms with Gasteiger partial charge in [-0.2, -0.15) is 5.10 Å². The van der Waals surface area contributed by atoms with Crippen LogP contribution in [-0.4, -0.2) is 34.3 Å². The van der Waals surface area contributed by atoms with Crippen molar-refractivity contribution in [2.75, 3.05) is 6.61 Å². The Morgan fingerprint density at radius 2 is 2.04 bits per heavy atom. The van der Waals surface area contributed by atoms with Gasteiger partial charge in [0.05, 0.1) is 11.4 Å². The monoisotopic (exact) mass is 389 g/mol. The molecule has 1 aromatic carbocycles. The van der Waals surface area contributed by atoms with Crippen LogP contribution in [0.5, 0.6) is 0 Å². The second-order valence-electron chi connectivity index (χ2n) is 6.26. The van der Waals surface area contributed by atoms with Crippen LogP contribution in [0.15, 0.2) is 30.3 Å². The van der Waals surface area contributed by atoms with E-state index < -0.39 is 5.97 Å². The molecule has 3 rings (SSSR count). The summed E-state index contributed by atoms with van der Waals surface area (Å²) in [6.07, 6.45) is 0.801. The van der Waals surface area contributed by atoms with Crippen molar-refractivity contribution in [3.05, 3.63) is 46.7 Å². The molecule has 0 bridgehead atoms. The Bertz CT molecular complexity index is 978. The number of ether oxygens (including phenoxy) is 1. The van der Waals surface area contributed by atoms with E-state index in [1.807, 2.05) is 20.8 Å². The number of halogens is 1. The second kappa shape index (κ2) is 7.87. The van der Waals surface area contributed by atoms with Crippen molar-refractivity contribution in [1.82, 2.24) is 15.1 Å². The summed E-state index contributed by atoms with van der Waals surface area (Å²) in [6, 6.07) is 7.70. The fourth-order valence-electron chi connectivity index (χ4n) is 2.53. The maximum Gasteiger partial charge on any atom is 0.348 e. The van der Waals surface area contributed by atoms with Crippen LogP contribution in [-0.2, 0) is 9.53 Å². The zero-order valence-corrected chi connectivity index (χ0v) is 16.1. The van der Waals surface area contributed by atoms with E-state index >= 15 is 0 Å². The van der Waals surface area contributed by atoms with Crippen LogP contribution in [0, 0.1) is 12.7 Å². The number of carbonyl (C=O) groups excluding carboxylic acids is 2. The normalized spacial score (nSPS) is 12.1. The van der Waals surface area contributed by atoms with E-state index in [2.05, 4.69) is 10.4 Å². The number of amides is 1. The van der Waals surface area contributed by atoms with Crippen molar-refractivity contribution in [2.24, 2.45) is 0 Å². The largest absolute Gasteiger partial charge is 0.451 e. The van der Waals surface area contributed by atoms with Crippen molar-refractivity contribution in [3.63, 3.8) is 0 Å². The molecule has 0 aliphatic heterocycles. The number of nitrogens with zero attached hydrogens (tertiary/aromatic N) is 2. The van der Waals surface area contributed by atoms with Gasteiger partial charge in [-0.15, -0.1) is 11.3 Å². The Labute approximate surface area is 159 Å². The Kier molecular flexibility index (Phi) is 5.55. The average molecular weight is 389 g/mol. The third-order valence-corrected chi connectivity index (χ3v) is 5.26. The van der Waals surface area contributed by atoms with Crippen LogP contribution in [0.3, 0.4) is 0 Å².